The second kappa shape index (κ2) is 9.32. The topological polar surface area (TPSA) is 59.4 Å². The predicted octanol–water partition coefficient (Wildman–Crippen LogP) is 4.85. The van der Waals surface area contributed by atoms with Crippen molar-refractivity contribution in [1.29, 1.82) is 0 Å². The zero-order valence-corrected chi connectivity index (χ0v) is 15.4. The minimum absolute atomic E-state index is 0. The Morgan fingerprint density at radius 1 is 1.12 bits per heavy atom. The zero-order chi connectivity index (χ0) is 17.6. The SMILES string of the molecule is CCCCc1cc(C(O)OC(=O)c2ccccc2)c2ccccc2n1.Cl. The van der Waals surface area contributed by atoms with Crippen molar-refractivity contribution in [1.82, 2.24) is 4.98 Å². The third kappa shape index (κ3) is 4.59. The molecule has 3 aromatic rings. The fourth-order valence-electron chi connectivity index (χ4n) is 2.76. The number of hydrogen-bond donors (Lipinski definition) is 1. The molecule has 0 aliphatic rings. The molecule has 1 atom stereocenters. The average Bonchev–Trinajstić information content (AvgIpc) is 2.66. The molecule has 26 heavy (non-hydrogen) atoms. The molecular formula is C21H22ClNO3. The van der Waals surface area contributed by atoms with Gasteiger partial charge in [-0.25, -0.2) is 4.79 Å². The Labute approximate surface area is 159 Å². The number of rotatable bonds is 6. The van der Waals surface area contributed by atoms with E-state index >= 15 is 0 Å². The van der Waals surface area contributed by atoms with E-state index in [2.05, 4.69) is 11.9 Å². The highest BCUT2D eigenvalue weighted by Crippen LogP contribution is 2.26. The molecule has 0 amide bonds. The quantitative estimate of drug-likeness (QED) is 0.497. The molecule has 136 valence electrons. The van der Waals surface area contributed by atoms with Crippen LogP contribution in [0.15, 0.2) is 60.7 Å². The number of benzene rings is 2. The Hall–Kier alpha value is -2.43. The lowest BCUT2D eigenvalue weighted by Crippen LogP contribution is -2.12. The van der Waals surface area contributed by atoms with Crippen LogP contribution in [0.4, 0.5) is 0 Å². The number of carbonyl (C=O) groups excluding carboxylic acids is 1. The van der Waals surface area contributed by atoms with Gasteiger partial charge in [0.1, 0.15) is 0 Å². The highest BCUT2D eigenvalue weighted by Gasteiger charge is 2.18. The maximum Gasteiger partial charge on any atom is 0.340 e. The molecule has 1 unspecified atom stereocenters. The predicted molar refractivity (Wildman–Crippen MR) is 104 cm³/mol. The van der Waals surface area contributed by atoms with Gasteiger partial charge in [0.25, 0.3) is 0 Å². The van der Waals surface area contributed by atoms with Crippen LogP contribution in [-0.2, 0) is 11.2 Å². The van der Waals surface area contributed by atoms with E-state index in [1.807, 2.05) is 36.4 Å². The molecule has 2 aromatic carbocycles. The van der Waals surface area contributed by atoms with Crippen molar-refractivity contribution < 1.29 is 14.6 Å². The van der Waals surface area contributed by atoms with Crippen LogP contribution in [0.3, 0.4) is 0 Å². The summed E-state index contributed by atoms with van der Waals surface area (Å²) in [5.74, 6) is -0.552. The Balaban J connectivity index is 0.00000243. The molecule has 0 radical (unpaired) electrons. The fourth-order valence-corrected chi connectivity index (χ4v) is 2.76. The number of nitrogens with zero attached hydrogens (tertiary/aromatic N) is 1. The number of ether oxygens (including phenoxy) is 1. The van der Waals surface area contributed by atoms with Gasteiger partial charge in [0.15, 0.2) is 0 Å². The van der Waals surface area contributed by atoms with Crippen LogP contribution in [-0.4, -0.2) is 16.1 Å². The lowest BCUT2D eigenvalue weighted by Gasteiger charge is -2.16. The number of fused-ring (bicyclic) bond motifs is 1. The van der Waals surface area contributed by atoms with Crippen LogP contribution in [0, 0.1) is 0 Å². The van der Waals surface area contributed by atoms with E-state index in [0.29, 0.717) is 11.1 Å². The van der Waals surface area contributed by atoms with E-state index in [9.17, 15) is 9.90 Å². The van der Waals surface area contributed by atoms with Crippen LogP contribution in [0.25, 0.3) is 10.9 Å². The van der Waals surface area contributed by atoms with Gasteiger partial charge in [-0.2, -0.15) is 0 Å². The smallest absolute Gasteiger partial charge is 0.340 e. The largest absolute Gasteiger partial charge is 0.428 e. The van der Waals surface area contributed by atoms with E-state index in [0.717, 1.165) is 35.9 Å². The lowest BCUT2D eigenvalue weighted by molar-refractivity contribution is -0.0663. The van der Waals surface area contributed by atoms with Gasteiger partial charge < -0.3 is 9.84 Å². The maximum absolute atomic E-state index is 12.2. The summed E-state index contributed by atoms with van der Waals surface area (Å²) in [5, 5.41) is 11.3. The molecule has 0 saturated heterocycles. The lowest BCUT2D eigenvalue weighted by atomic mass is 10.0. The molecule has 0 aliphatic heterocycles. The van der Waals surface area contributed by atoms with Crippen molar-refractivity contribution >= 4 is 29.3 Å². The minimum atomic E-state index is -1.33. The van der Waals surface area contributed by atoms with Gasteiger partial charge >= 0.3 is 5.97 Å². The van der Waals surface area contributed by atoms with Crippen LogP contribution in [0.2, 0.25) is 0 Å². The number of aryl methyl sites for hydroxylation is 1. The van der Waals surface area contributed by atoms with Gasteiger partial charge in [0.2, 0.25) is 6.29 Å². The van der Waals surface area contributed by atoms with Gasteiger partial charge in [-0.1, -0.05) is 49.7 Å². The summed E-state index contributed by atoms with van der Waals surface area (Å²) in [6.45, 7) is 2.12. The van der Waals surface area contributed by atoms with E-state index in [1.54, 1.807) is 24.3 Å². The first-order chi connectivity index (χ1) is 12.2. The molecule has 4 nitrogen and oxygen atoms in total. The van der Waals surface area contributed by atoms with E-state index in [-0.39, 0.29) is 12.4 Å². The molecule has 1 aromatic heterocycles. The summed E-state index contributed by atoms with van der Waals surface area (Å²) in [7, 11) is 0. The number of unbranched alkanes of at least 4 members (excludes halogenated alkanes) is 1. The number of hydrogen-bond acceptors (Lipinski definition) is 4. The van der Waals surface area contributed by atoms with Crippen LogP contribution < -0.4 is 0 Å². The van der Waals surface area contributed by atoms with E-state index in [4.69, 9.17) is 4.74 Å². The molecule has 0 bridgehead atoms. The summed E-state index contributed by atoms with van der Waals surface area (Å²) in [6, 6.07) is 18.1. The molecule has 1 heterocycles. The molecule has 0 fully saturated rings. The number of halogens is 1. The highest BCUT2D eigenvalue weighted by atomic mass is 35.5. The number of pyridine rings is 1. The van der Waals surface area contributed by atoms with Gasteiger partial charge in [0, 0.05) is 16.6 Å². The third-order valence-corrected chi connectivity index (χ3v) is 4.08. The zero-order valence-electron chi connectivity index (χ0n) is 14.6. The number of aliphatic hydroxyl groups excluding tert-OH is 1. The van der Waals surface area contributed by atoms with Crippen LogP contribution in [0.5, 0.6) is 0 Å². The molecule has 1 N–H and O–H groups in total. The average molecular weight is 372 g/mol. The Morgan fingerprint density at radius 2 is 1.81 bits per heavy atom. The van der Waals surface area contributed by atoms with Crippen molar-refractivity contribution in [2.45, 2.75) is 32.5 Å². The van der Waals surface area contributed by atoms with Crippen LogP contribution >= 0.6 is 12.4 Å². The first-order valence-corrected chi connectivity index (χ1v) is 8.51. The number of carbonyl (C=O) groups is 1. The van der Waals surface area contributed by atoms with E-state index < -0.39 is 12.3 Å². The van der Waals surface area contributed by atoms with Gasteiger partial charge in [-0.15, -0.1) is 12.4 Å². The normalized spacial score (nSPS) is 11.6. The first-order valence-electron chi connectivity index (χ1n) is 8.51. The van der Waals surface area contributed by atoms with Gasteiger partial charge in [-0.05, 0) is 37.1 Å². The standard InChI is InChI=1S/C21H21NO3.ClH/c1-2-3-11-16-14-18(17-12-7-8-13-19(17)22-16)21(24)25-20(23)15-9-5-4-6-10-15;/h4-10,12-14,21,24H,2-3,11H2,1H3;1H. The Bertz CT molecular complexity index is 868. The summed E-state index contributed by atoms with van der Waals surface area (Å²) in [6.07, 6.45) is 1.58. The molecule has 5 heteroatoms. The molecule has 0 spiro atoms. The summed E-state index contributed by atoms with van der Waals surface area (Å²) >= 11 is 0. The van der Waals surface area contributed by atoms with Crippen molar-refractivity contribution in [2.75, 3.05) is 0 Å². The third-order valence-electron chi connectivity index (χ3n) is 4.08. The number of esters is 1. The maximum atomic E-state index is 12.2. The number of aliphatic hydroxyl groups is 1. The van der Waals surface area contributed by atoms with Crippen LogP contribution in [0.1, 0.15) is 47.7 Å². The Morgan fingerprint density at radius 3 is 2.54 bits per heavy atom. The number of para-hydroxylation sites is 1. The van der Waals surface area contributed by atoms with Gasteiger partial charge in [-0.3, -0.25) is 4.98 Å². The van der Waals surface area contributed by atoms with Crippen molar-refractivity contribution in [3.05, 3.63) is 77.5 Å². The summed E-state index contributed by atoms with van der Waals surface area (Å²) in [4.78, 5) is 16.9. The summed E-state index contributed by atoms with van der Waals surface area (Å²) < 4.78 is 5.28. The van der Waals surface area contributed by atoms with Gasteiger partial charge in [0.05, 0.1) is 11.1 Å². The molecule has 3 rings (SSSR count). The molecule has 0 aliphatic carbocycles. The minimum Gasteiger partial charge on any atom is -0.428 e. The monoisotopic (exact) mass is 371 g/mol. The molecule has 0 saturated carbocycles. The van der Waals surface area contributed by atoms with E-state index in [1.165, 1.54) is 0 Å². The van der Waals surface area contributed by atoms with Crippen molar-refractivity contribution in [3.63, 3.8) is 0 Å². The highest BCUT2D eigenvalue weighted by molar-refractivity contribution is 5.90. The number of aromatic nitrogens is 1. The van der Waals surface area contributed by atoms with Crippen molar-refractivity contribution in [2.24, 2.45) is 0 Å². The fraction of sp³-hybridized carbons (Fsp3) is 0.238. The summed E-state index contributed by atoms with van der Waals surface area (Å²) in [5.41, 5.74) is 2.67. The second-order valence-electron chi connectivity index (χ2n) is 5.95. The second-order valence-corrected chi connectivity index (χ2v) is 5.95. The first kappa shape index (κ1) is 19.9. The molecular weight excluding hydrogens is 350 g/mol. The van der Waals surface area contributed by atoms with Crippen molar-refractivity contribution in [3.8, 4) is 0 Å². The Kier molecular flexibility index (Phi) is 7.13.